The third kappa shape index (κ3) is 3.73. The Balaban J connectivity index is 2.09. The van der Waals surface area contributed by atoms with Gasteiger partial charge in [0, 0.05) is 13.6 Å². The fraction of sp³-hybridized carbons (Fsp3) is 0.583. The number of rotatable bonds is 5. The zero-order valence-corrected chi connectivity index (χ0v) is 10.5. The predicted octanol–water partition coefficient (Wildman–Crippen LogP) is 2.32. The Morgan fingerprint density at radius 3 is 2.53 bits per heavy atom. The summed E-state index contributed by atoms with van der Waals surface area (Å²) in [4.78, 5) is 3.98. The van der Waals surface area contributed by atoms with Gasteiger partial charge in [0.25, 0.3) is 0 Å². The topological polar surface area (TPSA) is 57.2 Å². The summed E-state index contributed by atoms with van der Waals surface area (Å²) in [6.45, 7) is 0.210. The monoisotopic (exact) mass is 275 g/mol. The van der Waals surface area contributed by atoms with Crippen LogP contribution < -0.4 is 10.6 Å². The summed E-state index contributed by atoms with van der Waals surface area (Å²) in [6.07, 6.45) is -3.00. The van der Waals surface area contributed by atoms with Gasteiger partial charge in [-0.15, -0.1) is 0 Å². The maximum atomic E-state index is 12.7. The Morgan fingerprint density at radius 2 is 2.00 bits per heavy atom. The van der Waals surface area contributed by atoms with Crippen LogP contribution in [-0.2, 0) is 6.18 Å². The minimum absolute atomic E-state index is 0.110. The molecule has 0 saturated heterocycles. The lowest BCUT2D eigenvalue weighted by Gasteiger charge is -2.14. The van der Waals surface area contributed by atoms with E-state index in [0.29, 0.717) is 0 Å². The molecule has 3 N–H and O–H groups in total. The Hall–Kier alpha value is -1.50. The molecule has 4 nitrogen and oxygen atoms in total. The largest absolute Gasteiger partial charge is 0.416 e. The molecule has 0 spiro atoms. The summed E-state index contributed by atoms with van der Waals surface area (Å²) in [5.41, 5.74) is -0.768. The van der Waals surface area contributed by atoms with Crippen LogP contribution >= 0.6 is 0 Å². The van der Waals surface area contributed by atoms with Gasteiger partial charge in [-0.2, -0.15) is 13.2 Å². The molecule has 1 heterocycles. The Bertz CT molecular complexity index is 446. The number of aromatic nitrogens is 1. The molecule has 1 fully saturated rings. The van der Waals surface area contributed by atoms with Gasteiger partial charge >= 0.3 is 6.18 Å². The number of hydrogen-bond donors (Lipinski definition) is 3. The molecule has 1 unspecified atom stereocenters. The summed E-state index contributed by atoms with van der Waals surface area (Å²) in [5, 5.41) is 15.0. The molecule has 0 aliphatic heterocycles. The summed E-state index contributed by atoms with van der Waals surface area (Å²) >= 11 is 0. The van der Waals surface area contributed by atoms with Crippen molar-refractivity contribution < 1.29 is 18.3 Å². The molecule has 1 atom stereocenters. The maximum absolute atomic E-state index is 12.7. The van der Waals surface area contributed by atoms with E-state index in [9.17, 15) is 18.3 Å². The number of hydrogen-bond acceptors (Lipinski definition) is 4. The molecule has 19 heavy (non-hydrogen) atoms. The lowest BCUT2D eigenvalue weighted by molar-refractivity contribution is -0.137. The fourth-order valence-electron chi connectivity index (χ4n) is 1.77. The highest BCUT2D eigenvalue weighted by molar-refractivity contribution is 5.49. The van der Waals surface area contributed by atoms with Crippen LogP contribution in [-0.4, -0.2) is 29.8 Å². The van der Waals surface area contributed by atoms with Gasteiger partial charge in [0.2, 0.25) is 0 Å². The zero-order valence-electron chi connectivity index (χ0n) is 10.5. The van der Waals surface area contributed by atoms with E-state index in [0.717, 1.165) is 25.0 Å². The number of alkyl halides is 3. The lowest BCUT2D eigenvalue weighted by Crippen LogP contribution is -2.22. The number of pyridine rings is 1. The van der Waals surface area contributed by atoms with Crippen LogP contribution in [0.5, 0.6) is 0 Å². The predicted molar refractivity (Wildman–Crippen MR) is 66.0 cm³/mol. The van der Waals surface area contributed by atoms with E-state index in [1.54, 1.807) is 0 Å². The van der Waals surface area contributed by atoms with Gasteiger partial charge in [0.1, 0.15) is 11.6 Å². The first-order valence-corrected chi connectivity index (χ1v) is 6.09. The molecule has 0 radical (unpaired) electrons. The summed E-state index contributed by atoms with van der Waals surface area (Å²) < 4.78 is 38.1. The molecule has 1 saturated carbocycles. The lowest BCUT2D eigenvalue weighted by atomic mass is 10.2. The highest BCUT2D eigenvalue weighted by Crippen LogP contribution is 2.34. The number of halogens is 3. The zero-order chi connectivity index (χ0) is 14.0. The van der Waals surface area contributed by atoms with Gasteiger partial charge in [-0.05, 0) is 30.9 Å². The minimum Gasteiger partial charge on any atom is -0.391 e. The average Bonchev–Trinajstić information content (AvgIpc) is 3.18. The molecular weight excluding hydrogens is 259 g/mol. The molecule has 1 aliphatic rings. The standard InChI is InChI=1S/C12H16F3N3O/c1-16-10-4-8(12(13,14)15)5-11(18-10)17-6-9(19)7-2-3-7/h4-5,7,9,19H,2-3,6H2,1H3,(H2,16,17,18). The van der Waals surface area contributed by atoms with E-state index in [4.69, 9.17) is 0 Å². The number of aliphatic hydroxyl groups excluding tert-OH is 1. The van der Waals surface area contributed by atoms with Crippen molar-refractivity contribution in [3.05, 3.63) is 17.7 Å². The number of anilines is 2. The quantitative estimate of drug-likeness (QED) is 0.772. The van der Waals surface area contributed by atoms with Crippen LogP contribution in [0.2, 0.25) is 0 Å². The van der Waals surface area contributed by atoms with Crippen LogP contribution in [0.25, 0.3) is 0 Å². The first-order chi connectivity index (χ1) is 8.90. The van der Waals surface area contributed by atoms with Crippen LogP contribution in [0.15, 0.2) is 12.1 Å². The molecular formula is C12H16F3N3O. The fourth-order valence-corrected chi connectivity index (χ4v) is 1.77. The van der Waals surface area contributed by atoms with Crippen molar-refractivity contribution in [3.63, 3.8) is 0 Å². The third-order valence-electron chi connectivity index (χ3n) is 3.07. The normalized spacial score (nSPS) is 17.1. The molecule has 0 bridgehead atoms. The van der Waals surface area contributed by atoms with E-state index in [2.05, 4.69) is 15.6 Å². The van der Waals surface area contributed by atoms with E-state index in [-0.39, 0.29) is 24.1 Å². The summed E-state index contributed by atoms with van der Waals surface area (Å²) in [6, 6.07) is 1.89. The third-order valence-corrected chi connectivity index (χ3v) is 3.07. The van der Waals surface area contributed by atoms with Gasteiger partial charge in [-0.1, -0.05) is 0 Å². The van der Waals surface area contributed by atoms with Gasteiger partial charge in [-0.3, -0.25) is 0 Å². The minimum atomic E-state index is -4.42. The Morgan fingerprint density at radius 1 is 1.37 bits per heavy atom. The van der Waals surface area contributed by atoms with Crippen molar-refractivity contribution >= 4 is 11.6 Å². The van der Waals surface area contributed by atoms with Crippen LogP contribution in [0.1, 0.15) is 18.4 Å². The molecule has 106 valence electrons. The smallest absolute Gasteiger partial charge is 0.391 e. The van der Waals surface area contributed by atoms with Crippen LogP contribution in [0.3, 0.4) is 0 Å². The second kappa shape index (κ2) is 5.24. The maximum Gasteiger partial charge on any atom is 0.416 e. The molecule has 0 aromatic carbocycles. The van der Waals surface area contributed by atoms with Crippen molar-refractivity contribution in [3.8, 4) is 0 Å². The molecule has 0 amide bonds. The van der Waals surface area contributed by atoms with E-state index < -0.39 is 17.8 Å². The first kappa shape index (κ1) is 13.9. The number of nitrogens with one attached hydrogen (secondary N) is 2. The molecule has 1 aliphatic carbocycles. The Kier molecular flexibility index (Phi) is 3.84. The second-order valence-electron chi connectivity index (χ2n) is 4.66. The highest BCUT2D eigenvalue weighted by Gasteiger charge is 2.32. The summed E-state index contributed by atoms with van der Waals surface area (Å²) in [7, 11) is 1.51. The summed E-state index contributed by atoms with van der Waals surface area (Å²) in [5.74, 6) is 0.513. The van der Waals surface area contributed by atoms with Gasteiger partial charge < -0.3 is 15.7 Å². The van der Waals surface area contributed by atoms with Gasteiger partial charge in [-0.25, -0.2) is 4.98 Å². The van der Waals surface area contributed by atoms with Crippen molar-refractivity contribution in [2.75, 3.05) is 24.2 Å². The van der Waals surface area contributed by atoms with E-state index in [1.807, 2.05) is 0 Å². The Labute approximate surface area is 109 Å². The number of aliphatic hydroxyl groups is 1. The SMILES string of the molecule is CNc1cc(C(F)(F)F)cc(NCC(O)C2CC2)n1. The number of nitrogens with zero attached hydrogens (tertiary/aromatic N) is 1. The molecule has 1 aromatic rings. The molecule has 1 aromatic heterocycles. The molecule has 2 rings (SSSR count). The average molecular weight is 275 g/mol. The van der Waals surface area contributed by atoms with Crippen LogP contribution in [0.4, 0.5) is 24.8 Å². The highest BCUT2D eigenvalue weighted by atomic mass is 19.4. The van der Waals surface area contributed by atoms with Crippen molar-refractivity contribution in [2.45, 2.75) is 25.1 Å². The van der Waals surface area contributed by atoms with E-state index in [1.165, 1.54) is 7.05 Å². The second-order valence-corrected chi connectivity index (χ2v) is 4.66. The first-order valence-electron chi connectivity index (χ1n) is 6.09. The van der Waals surface area contributed by atoms with Crippen molar-refractivity contribution in [2.24, 2.45) is 5.92 Å². The van der Waals surface area contributed by atoms with Crippen molar-refractivity contribution in [1.82, 2.24) is 4.98 Å². The molecule has 7 heteroatoms. The van der Waals surface area contributed by atoms with E-state index >= 15 is 0 Å². The van der Waals surface area contributed by atoms with Crippen molar-refractivity contribution in [1.29, 1.82) is 0 Å². The van der Waals surface area contributed by atoms with Crippen LogP contribution in [0, 0.1) is 5.92 Å². The van der Waals surface area contributed by atoms with Gasteiger partial charge in [0.05, 0.1) is 11.7 Å². The van der Waals surface area contributed by atoms with Gasteiger partial charge in [0.15, 0.2) is 0 Å².